The van der Waals surface area contributed by atoms with E-state index in [4.69, 9.17) is 4.74 Å². The number of hydrogen-bond donors (Lipinski definition) is 0. The number of methoxy groups -OCH3 is 1. The standard InChI is InChI=1S/C16H16N2O5S2/c1-23-15-8-7-12(11-14(15)18(19)20)25(21,22)17-9-4-10-24-16-6-3-2-5-13(16)17/h2-3,5-8,11H,4,9-10H2,1H3. The normalized spacial score (nSPS) is 14.5. The van der Waals surface area contributed by atoms with E-state index >= 15 is 0 Å². The number of fused-ring (bicyclic) bond motifs is 1. The minimum Gasteiger partial charge on any atom is -0.490 e. The fraction of sp³-hybridized carbons (Fsp3) is 0.250. The molecule has 0 spiro atoms. The molecule has 9 heteroatoms. The zero-order chi connectivity index (χ0) is 18.0. The lowest BCUT2D eigenvalue weighted by Crippen LogP contribution is -2.32. The summed E-state index contributed by atoms with van der Waals surface area (Å²) in [6.07, 6.45) is 0.691. The van der Waals surface area contributed by atoms with E-state index in [-0.39, 0.29) is 16.3 Å². The van der Waals surface area contributed by atoms with Crippen molar-refractivity contribution in [3.8, 4) is 5.75 Å². The van der Waals surface area contributed by atoms with E-state index in [1.54, 1.807) is 23.9 Å². The van der Waals surface area contributed by atoms with E-state index in [0.29, 0.717) is 18.7 Å². The quantitative estimate of drug-likeness (QED) is 0.597. The second-order valence-corrected chi connectivity index (χ2v) is 8.34. The van der Waals surface area contributed by atoms with Gasteiger partial charge in [-0.25, -0.2) is 8.42 Å². The van der Waals surface area contributed by atoms with Gasteiger partial charge in [-0.05, 0) is 36.4 Å². The molecule has 2 aromatic carbocycles. The van der Waals surface area contributed by atoms with Crippen molar-refractivity contribution in [3.05, 3.63) is 52.6 Å². The molecule has 1 heterocycles. The van der Waals surface area contributed by atoms with Gasteiger partial charge in [-0.2, -0.15) is 0 Å². The Kier molecular flexibility index (Phi) is 4.87. The van der Waals surface area contributed by atoms with Crippen LogP contribution in [0.25, 0.3) is 0 Å². The maximum Gasteiger partial charge on any atom is 0.312 e. The summed E-state index contributed by atoms with van der Waals surface area (Å²) in [5, 5.41) is 11.2. The van der Waals surface area contributed by atoms with Gasteiger partial charge in [0.25, 0.3) is 10.0 Å². The van der Waals surface area contributed by atoms with Gasteiger partial charge in [-0.1, -0.05) is 12.1 Å². The number of thioether (sulfide) groups is 1. The van der Waals surface area contributed by atoms with Crippen LogP contribution in [0.15, 0.2) is 52.3 Å². The van der Waals surface area contributed by atoms with Gasteiger partial charge in [0.05, 0.1) is 22.6 Å². The van der Waals surface area contributed by atoms with Crippen LogP contribution < -0.4 is 9.04 Å². The summed E-state index contributed by atoms with van der Waals surface area (Å²) in [6, 6.07) is 11.0. The molecule has 7 nitrogen and oxygen atoms in total. The largest absolute Gasteiger partial charge is 0.490 e. The number of hydrogen-bond acceptors (Lipinski definition) is 6. The molecule has 0 atom stereocenters. The molecule has 0 saturated heterocycles. The highest BCUT2D eigenvalue weighted by Gasteiger charge is 2.30. The Hall–Kier alpha value is -2.26. The van der Waals surface area contributed by atoms with Crippen LogP contribution >= 0.6 is 11.8 Å². The molecule has 1 aliphatic heterocycles. The molecule has 0 aliphatic carbocycles. The number of rotatable bonds is 4. The third-order valence-electron chi connectivity index (χ3n) is 3.83. The average molecular weight is 380 g/mol. The predicted octanol–water partition coefficient (Wildman–Crippen LogP) is 3.29. The number of benzene rings is 2. The summed E-state index contributed by atoms with van der Waals surface area (Å²) < 4.78 is 32.5. The topological polar surface area (TPSA) is 89.8 Å². The molecule has 1 aliphatic rings. The minimum atomic E-state index is -3.92. The predicted molar refractivity (Wildman–Crippen MR) is 96.0 cm³/mol. The lowest BCUT2D eigenvalue weighted by Gasteiger charge is -2.24. The van der Waals surface area contributed by atoms with E-state index in [1.807, 2.05) is 12.1 Å². The van der Waals surface area contributed by atoms with Crippen molar-refractivity contribution in [2.24, 2.45) is 0 Å². The number of sulfonamides is 1. The molecular formula is C16H16N2O5S2. The SMILES string of the molecule is COc1ccc(S(=O)(=O)N2CCCSc3ccccc32)cc1[N+](=O)[O-]. The molecule has 25 heavy (non-hydrogen) atoms. The summed E-state index contributed by atoms with van der Waals surface area (Å²) in [6.45, 7) is 0.326. The molecule has 0 saturated carbocycles. The Balaban J connectivity index is 2.11. The third-order valence-corrected chi connectivity index (χ3v) is 6.79. The fourth-order valence-corrected chi connectivity index (χ4v) is 5.24. The van der Waals surface area contributed by atoms with Crippen LogP contribution in [-0.2, 0) is 10.0 Å². The molecule has 3 rings (SSSR count). The van der Waals surface area contributed by atoms with E-state index < -0.39 is 14.9 Å². The molecule has 0 radical (unpaired) electrons. The Morgan fingerprint density at radius 1 is 1.24 bits per heavy atom. The van der Waals surface area contributed by atoms with Crippen LogP contribution in [-0.4, -0.2) is 32.7 Å². The van der Waals surface area contributed by atoms with Gasteiger partial charge in [0.1, 0.15) is 0 Å². The Labute approximate surface area is 149 Å². The van der Waals surface area contributed by atoms with Crippen molar-refractivity contribution in [2.45, 2.75) is 16.2 Å². The second kappa shape index (κ2) is 6.93. The van der Waals surface area contributed by atoms with Crippen molar-refractivity contribution in [3.63, 3.8) is 0 Å². The van der Waals surface area contributed by atoms with Crippen molar-refractivity contribution in [2.75, 3.05) is 23.7 Å². The van der Waals surface area contributed by atoms with Gasteiger partial charge in [-0.3, -0.25) is 14.4 Å². The van der Waals surface area contributed by atoms with Gasteiger partial charge >= 0.3 is 5.69 Å². The van der Waals surface area contributed by atoms with Gasteiger partial charge in [-0.15, -0.1) is 11.8 Å². The summed E-state index contributed by atoms with van der Waals surface area (Å²) in [7, 11) is -2.62. The summed E-state index contributed by atoms with van der Waals surface area (Å²) in [5.74, 6) is 0.835. The van der Waals surface area contributed by atoms with Gasteiger partial charge in [0, 0.05) is 17.5 Å². The van der Waals surface area contributed by atoms with Gasteiger partial charge < -0.3 is 4.74 Å². The molecule has 132 valence electrons. The number of nitro groups is 1. The maximum absolute atomic E-state index is 13.1. The molecule has 2 aromatic rings. The molecule has 0 aromatic heterocycles. The first kappa shape index (κ1) is 17.6. The first-order chi connectivity index (χ1) is 11.9. The first-order valence-electron chi connectivity index (χ1n) is 7.52. The summed E-state index contributed by atoms with van der Waals surface area (Å²) in [4.78, 5) is 11.3. The van der Waals surface area contributed by atoms with Crippen LogP contribution in [0.5, 0.6) is 5.75 Å². The monoisotopic (exact) mass is 380 g/mol. The Morgan fingerprint density at radius 3 is 2.72 bits per heavy atom. The van der Waals surface area contributed by atoms with Crippen LogP contribution in [0.4, 0.5) is 11.4 Å². The highest BCUT2D eigenvalue weighted by atomic mass is 32.2. The van der Waals surface area contributed by atoms with Crippen LogP contribution in [0.1, 0.15) is 6.42 Å². The highest BCUT2D eigenvalue weighted by Crippen LogP contribution is 2.38. The summed E-state index contributed by atoms with van der Waals surface area (Å²) in [5.41, 5.74) is 0.226. The molecule has 0 fully saturated rings. The minimum absolute atomic E-state index is 0.0239. The molecule has 0 amide bonds. The molecular weight excluding hydrogens is 364 g/mol. The third kappa shape index (κ3) is 3.29. The van der Waals surface area contributed by atoms with E-state index in [9.17, 15) is 18.5 Å². The van der Waals surface area contributed by atoms with E-state index in [0.717, 1.165) is 16.7 Å². The van der Waals surface area contributed by atoms with Gasteiger partial charge in [0.2, 0.25) is 0 Å². The zero-order valence-corrected chi connectivity index (χ0v) is 15.0. The smallest absolute Gasteiger partial charge is 0.312 e. The lowest BCUT2D eigenvalue weighted by atomic mass is 10.3. The van der Waals surface area contributed by atoms with Crippen LogP contribution in [0.3, 0.4) is 0 Å². The average Bonchev–Trinajstić information content (AvgIpc) is 2.84. The zero-order valence-electron chi connectivity index (χ0n) is 13.4. The molecule has 0 bridgehead atoms. The molecule has 0 N–H and O–H groups in total. The number of anilines is 1. The second-order valence-electron chi connectivity index (χ2n) is 5.34. The van der Waals surface area contributed by atoms with Crippen molar-refractivity contribution in [1.82, 2.24) is 0 Å². The Bertz CT molecular complexity index is 914. The van der Waals surface area contributed by atoms with Crippen molar-refractivity contribution >= 4 is 33.2 Å². The lowest BCUT2D eigenvalue weighted by molar-refractivity contribution is -0.386. The molecule has 0 unspecified atom stereocenters. The summed E-state index contributed by atoms with van der Waals surface area (Å²) >= 11 is 1.60. The van der Waals surface area contributed by atoms with Crippen LogP contribution in [0, 0.1) is 10.1 Å². The van der Waals surface area contributed by atoms with Crippen LogP contribution in [0.2, 0.25) is 0 Å². The maximum atomic E-state index is 13.1. The van der Waals surface area contributed by atoms with Crippen molar-refractivity contribution in [1.29, 1.82) is 0 Å². The number of para-hydroxylation sites is 1. The number of nitrogens with zero attached hydrogens (tertiary/aromatic N) is 2. The number of ether oxygens (including phenoxy) is 1. The fourth-order valence-electron chi connectivity index (χ4n) is 2.65. The van der Waals surface area contributed by atoms with E-state index in [1.165, 1.54) is 23.5 Å². The highest BCUT2D eigenvalue weighted by molar-refractivity contribution is 7.99. The van der Waals surface area contributed by atoms with Gasteiger partial charge in [0.15, 0.2) is 5.75 Å². The van der Waals surface area contributed by atoms with Crippen molar-refractivity contribution < 1.29 is 18.1 Å². The van der Waals surface area contributed by atoms with E-state index in [2.05, 4.69) is 0 Å². The first-order valence-corrected chi connectivity index (χ1v) is 9.94. The Morgan fingerprint density at radius 2 is 2.00 bits per heavy atom. The number of nitro benzene ring substituents is 1.